The minimum atomic E-state index is 0.0997. The van der Waals surface area contributed by atoms with Crippen LogP contribution in [0.5, 0.6) is 0 Å². The number of carbonyl (C=O) groups excluding carboxylic acids is 1. The van der Waals surface area contributed by atoms with E-state index in [9.17, 15) is 4.79 Å². The van der Waals surface area contributed by atoms with Crippen LogP contribution in [0, 0.1) is 5.92 Å². The molecule has 0 aliphatic rings. The van der Waals surface area contributed by atoms with Gasteiger partial charge in [-0.3, -0.25) is 0 Å². The number of hydrogen-bond acceptors (Lipinski definition) is 1. The van der Waals surface area contributed by atoms with Gasteiger partial charge in [0, 0.05) is 5.92 Å². The van der Waals surface area contributed by atoms with E-state index in [1.807, 2.05) is 30.2 Å². The summed E-state index contributed by atoms with van der Waals surface area (Å²) in [5.74, 6) is 0.0997. The Kier molecular flexibility index (Phi) is 3.02. The Morgan fingerprint density at radius 3 is 2.92 bits per heavy atom. The molecule has 66 valence electrons. The highest BCUT2D eigenvalue weighted by Crippen LogP contribution is 1.89. The van der Waals surface area contributed by atoms with Crippen molar-refractivity contribution >= 4 is 6.29 Å². The number of aldehydes is 1. The lowest BCUT2D eigenvalue weighted by Gasteiger charge is -1.97. The molecule has 1 atom stereocenters. The Hall–Kier alpha value is -1.12. The van der Waals surface area contributed by atoms with E-state index in [2.05, 4.69) is 11.5 Å². The highest BCUT2D eigenvalue weighted by Gasteiger charge is 2.06. The van der Waals surface area contributed by atoms with Gasteiger partial charge in [-0.05, 0) is 6.92 Å². The molecular weight excluding hydrogens is 152 g/mol. The Bertz CT molecular complexity index is 255. The van der Waals surface area contributed by atoms with E-state index in [-0.39, 0.29) is 5.92 Å². The second kappa shape index (κ2) is 4.04. The van der Waals surface area contributed by atoms with Crippen molar-refractivity contribution in [3.8, 4) is 0 Å². The van der Waals surface area contributed by atoms with Crippen LogP contribution in [0.2, 0.25) is 0 Å². The molecule has 0 amide bonds. The van der Waals surface area contributed by atoms with Gasteiger partial charge < -0.3 is 4.79 Å². The van der Waals surface area contributed by atoms with Crippen LogP contribution in [-0.2, 0) is 17.9 Å². The first-order valence-electron chi connectivity index (χ1n) is 4.26. The third kappa shape index (κ3) is 2.19. The molecule has 0 aliphatic carbocycles. The summed E-state index contributed by atoms with van der Waals surface area (Å²) in [6.07, 6.45) is 7.00. The summed E-state index contributed by atoms with van der Waals surface area (Å²) in [5.41, 5.74) is 0. The maximum absolute atomic E-state index is 10.4. The number of hydrogen-bond donors (Lipinski definition) is 0. The fraction of sp³-hybridized carbons (Fsp3) is 0.556. The summed E-state index contributed by atoms with van der Waals surface area (Å²) in [6.45, 7) is 5.76. The van der Waals surface area contributed by atoms with E-state index in [1.165, 1.54) is 0 Å². The SMILES string of the molecule is CCn1cc[n+](CC(C)C=O)c1. The van der Waals surface area contributed by atoms with Crippen molar-refractivity contribution in [2.24, 2.45) is 5.92 Å². The van der Waals surface area contributed by atoms with Crippen LogP contribution in [-0.4, -0.2) is 10.9 Å². The Labute approximate surface area is 72.6 Å². The molecule has 0 saturated carbocycles. The number of nitrogens with zero attached hydrogens (tertiary/aromatic N) is 2. The van der Waals surface area contributed by atoms with Gasteiger partial charge in [0.1, 0.15) is 18.7 Å². The molecule has 0 N–H and O–H groups in total. The zero-order valence-corrected chi connectivity index (χ0v) is 7.60. The van der Waals surface area contributed by atoms with Gasteiger partial charge in [0.15, 0.2) is 0 Å². The van der Waals surface area contributed by atoms with E-state index >= 15 is 0 Å². The molecule has 3 heteroatoms. The Morgan fingerprint density at radius 1 is 1.67 bits per heavy atom. The summed E-state index contributed by atoms with van der Waals surface area (Å²) in [6, 6.07) is 0. The molecule has 0 spiro atoms. The number of aromatic nitrogens is 2. The van der Waals surface area contributed by atoms with Gasteiger partial charge in [-0.25, -0.2) is 9.13 Å². The normalized spacial score (nSPS) is 12.8. The van der Waals surface area contributed by atoms with Gasteiger partial charge in [-0.1, -0.05) is 6.92 Å². The Balaban J connectivity index is 2.57. The van der Waals surface area contributed by atoms with Crippen molar-refractivity contribution in [2.75, 3.05) is 0 Å². The predicted molar refractivity (Wildman–Crippen MR) is 45.5 cm³/mol. The number of rotatable bonds is 4. The van der Waals surface area contributed by atoms with Crippen LogP contribution in [0.15, 0.2) is 18.7 Å². The minimum Gasteiger partial charge on any atom is -0.303 e. The summed E-state index contributed by atoms with van der Waals surface area (Å²) in [5, 5.41) is 0. The predicted octanol–water partition coefficient (Wildman–Crippen LogP) is 0.630. The van der Waals surface area contributed by atoms with Crippen molar-refractivity contribution in [3.05, 3.63) is 18.7 Å². The van der Waals surface area contributed by atoms with E-state index in [4.69, 9.17) is 0 Å². The summed E-state index contributed by atoms with van der Waals surface area (Å²) in [4.78, 5) is 10.4. The van der Waals surface area contributed by atoms with Crippen LogP contribution in [0.25, 0.3) is 0 Å². The maximum atomic E-state index is 10.4. The first kappa shape index (κ1) is 8.97. The van der Waals surface area contributed by atoms with Crippen LogP contribution < -0.4 is 4.57 Å². The molecule has 1 unspecified atom stereocenters. The zero-order valence-electron chi connectivity index (χ0n) is 7.60. The molecule has 12 heavy (non-hydrogen) atoms. The van der Waals surface area contributed by atoms with Crippen molar-refractivity contribution in [1.82, 2.24) is 4.57 Å². The third-order valence-corrected chi connectivity index (χ3v) is 1.84. The summed E-state index contributed by atoms with van der Waals surface area (Å²) in [7, 11) is 0. The molecule has 1 aromatic rings. The van der Waals surface area contributed by atoms with Gasteiger partial charge in [-0.2, -0.15) is 0 Å². The molecule has 0 bridgehead atoms. The molecule has 1 rings (SSSR count). The van der Waals surface area contributed by atoms with Crippen molar-refractivity contribution in [1.29, 1.82) is 0 Å². The molecule has 0 fully saturated rings. The van der Waals surface area contributed by atoms with Gasteiger partial charge in [0.05, 0.1) is 13.1 Å². The average Bonchev–Trinajstić information content (AvgIpc) is 2.52. The van der Waals surface area contributed by atoms with E-state index in [1.54, 1.807) is 0 Å². The standard InChI is InChI=1S/C9H15N2O/c1-3-10-4-5-11(8-10)6-9(2)7-12/h4-5,7-9H,3,6H2,1-2H3/q+1. The molecule has 3 nitrogen and oxygen atoms in total. The number of imidazole rings is 1. The lowest BCUT2D eigenvalue weighted by Crippen LogP contribution is -2.35. The fourth-order valence-electron chi connectivity index (χ4n) is 1.11. The largest absolute Gasteiger partial charge is 0.303 e. The van der Waals surface area contributed by atoms with Crippen LogP contribution in [0.4, 0.5) is 0 Å². The number of aryl methyl sites for hydroxylation is 1. The zero-order chi connectivity index (χ0) is 8.97. The summed E-state index contributed by atoms with van der Waals surface area (Å²) >= 11 is 0. The van der Waals surface area contributed by atoms with Crippen LogP contribution in [0.3, 0.4) is 0 Å². The Morgan fingerprint density at radius 2 is 2.42 bits per heavy atom. The van der Waals surface area contributed by atoms with E-state index < -0.39 is 0 Å². The average molecular weight is 167 g/mol. The van der Waals surface area contributed by atoms with Crippen LogP contribution in [0.1, 0.15) is 13.8 Å². The minimum absolute atomic E-state index is 0.0997. The first-order chi connectivity index (χ1) is 5.76. The van der Waals surface area contributed by atoms with Crippen LogP contribution >= 0.6 is 0 Å². The second-order valence-corrected chi connectivity index (χ2v) is 3.05. The molecule has 0 aromatic carbocycles. The lowest BCUT2D eigenvalue weighted by atomic mass is 10.2. The molecule has 0 saturated heterocycles. The fourth-order valence-corrected chi connectivity index (χ4v) is 1.11. The topological polar surface area (TPSA) is 25.9 Å². The maximum Gasteiger partial charge on any atom is 0.243 e. The van der Waals surface area contributed by atoms with Crippen molar-refractivity contribution in [2.45, 2.75) is 26.9 Å². The van der Waals surface area contributed by atoms with Gasteiger partial charge in [0.25, 0.3) is 0 Å². The second-order valence-electron chi connectivity index (χ2n) is 3.05. The van der Waals surface area contributed by atoms with Gasteiger partial charge in [-0.15, -0.1) is 0 Å². The third-order valence-electron chi connectivity index (χ3n) is 1.84. The van der Waals surface area contributed by atoms with Crippen molar-refractivity contribution < 1.29 is 9.36 Å². The first-order valence-corrected chi connectivity index (χ1v) is 4.26. The molecule has 0 aliphatic heterocycles. The monoisotopic (exact) mass is 167 g/mol. The van der Waals surface area contributed by atoms with E-state index in [0.717, 1.165) is 19.4 Å². The highest BCUT2D eigenvalue weighted by molar-refractivity contribution is 5.52. The quantitative estimate of drug-likeness (QED) is 0.477. The lowest BCUT2D eigenvalue weighted by molar-refractivity contribution is -0.700. The molecule has 1 heterocycles. The number of carbonyl (C=O) groups is 1. The van der Waals surface area contributed by atoms with Gasteiger partial charge >= 0.3 is 0 Å². The summed E-state index contributed by atoms with van der Waals surface area (Å²) < 4.78 is 4.11. The van der Waals surface area contributed by atoms with Crippen molar-refractivity contribution in [3.63, 3.8) is 0 Å². The molecule has 0 radical (unpaired) electrons. The highest BCUT2D eigenvalue weighted by atomic mass is 16.1. The molecule has 1 aromatic heterocycles. The smallest absolute Gasteiger partial charge is 0.243 e. The molecular formula is C9H15N2O+. The van der Waals surface area contributed by atoms with Gasteiger partial charge in [0.2, 0.25) is 6.33 Å². The van der Waals surface area contributed by atoms with E-state index in [0.29, 0.717) is 0 Å².